The predicted molar refractivity (Wildman–Crippen MR) is 157 cm³/mol. The number of nitriles is 1. The molecule has 2 N–H and O–H groups in total. The molecule has 0 radical (unpaired) electrons. The van der Waals surface area contributed by atoms with E-state index in [1.807, 2.05) is 6.07 Å². The number of carbonyl (C=O) groups is 2. The molecule has 1 spiro atoms. The van der Waals surface area contributed by atoms with Gasteiger partial charge >= 0.3 is 0 Å². The Hall–Kier alpha value is -2.81. The first-order valence-corrected chi connectivity index (χ1v) is 15.4. The molecule has 4 fully saturated rings. The molecule has 226 valence electrons. The van der Waals surface area contributed by atoms with Crippen molar-refractivity contribution in [1.29, 1.82) is 5.26 Å². The van der Waals surface area contributed by atoms with Gasteiger partial charge in [-0.25, -0.2) is 0 Å². The molecule has 3 heterocycles. The molecule has 6 rings (SSSR count). The maximum absolute atomic E-state index is 14.5. The Balaban J connectivity index is 1.24. The Morgan fingerprint density at radius 3 is 2.76 bits per heavy atom. The van der Waals surface area contributed by atoms with Crippen LogP contribution in [0.2, 0.25) is 0 Å². The Labute approximate surface area is 249 Å². The first kappa shape index (κ1) is 29.3. The molecule has 3 aliphatic heterocycles. The lowest BCUT2D eigenvalue weighted by Gasteiger charge is -2.54. The molecular weight excluding hydrogens is 532 g/mol. The van der Waals surface area contributed by atoms with Crippen LogP contribution in [0, 0.1) is 22.7 Å². The van der Waals surface area contributed by atoms with Gasteiger partial charge in [-0.2, -0.15) is 5.26 Å². The quantitative estimate of drug-likeness (QED) is 0.469. The summed E-state index contributed by atoms with van der Waals surface area (Å²) in [6.45, 7) is 7.07. The number of Topliss-reactive ketones (excluding diaryl/α,β-unsaturated/α-hetero) is 1. The van der Waals surface area contributed by atoms with Crippen molar-refractivity contribution < 1.29 is 19.1 Å². The van der Waals surface area contributed by atoms with Crippen LogP contribution in [0.1, 0.15) is 43.2 Å². The number of carbonyl (C=O) groups excluding carboxylic acids is 2. The number of nitrogens with one attached hydrogen (secondary N) is 2. The minimum absolute atomic E-state index is 0.0553. The molecule has 10 nitrogen and oxygen atoms in total. The molecule has 5 aliphatic rings. The van der Waals surface area contributed by atoms with Crippen molar-refractivity contribution in [3.63, 3.8) is 0 Å². The van der Waals surface area contributed by atoms with Crippen LogP contribution in [-0.4, -0.2) is 104 Å². The summed E-state index contributed by atoms with van der Waals surface area (Å²) in [4.78, 5) is 33.5. The maximum atomic E-state index is 14.5. The number of likely N-dealkylation sites (tertiary alicyclic amines) is 1. The number of rotatable bonds is 7. The van der Waals surface area contributed by atoms with Crippen molar-refractivity contribution in [1.82, 2.24) is 25.3 Å². The molecule has 1 aromatic rings. The lowest BCUT2D eigenvalue weighted by atomic mass is 9.64. The van der Waals surface area contributed by atoms with Crippen LogP contribution in [0.4, 0.5) is 0 Å². The summed E-state index contributed by atoms with van der Waals surface area (Å²) in [6.07, 6.45) is 6.54. The number of benzene rings is 1. The van der Waals surface area contributed by atoms with E-state index >= 15 is 0 Å². The van der Waals surface area contributed by atoms with Crippen LogP contribution in [-0.2, 0) is 27.2 Å². The van der Waals surface area contributed by atoms with Gasteiger partial charge in [-0.15, -0.1) is 0 Å². The van der Waals surface area contributed by atoms with E-state index < -0.39 is 11.8 Å². The topological polar surface area (TPSA) is 110 Å². The van der Waals surface area contributed by atoms with Gasteiger partial charge in [0.25, 0.3) is 0 Å². The number of fused-ring (bicyclic) bond motifs is 2. The Morgan fingerprint density at radius 2 is 2.02 bits per heavy atom. The van der Waals surface area contributed by atoms with Gasteiger partial charge in [0.15, 0.2) is 12.1 Å². The number of likely N-dealkylation sites (N-methyl/N-ethyl adjacent to an activating group) is 1. The van der Waals surface area contributed by atoms with E-state index in [-0.39, 0.29) is 42.3 Å². The van der Waals surface area contributed by atoms with Crippen molar-refractivity contribution in [2.45, 2.75) is 75.6 Å². The average molecular weight is 577 g/mol. The highest BCUT2D eigenvalue weighted by atomic mass is 16.5. The Kier molecular flexibility index (Phi) is 8.40. The molecule has 7 unspecified atom stereocenters. The van der Waals surface area contributed by atoms with Gasteiger partial charge in [0, 0.05) is 37.0 Å². The third-order valence-electron chi connectivity index (χ3n) is 10.5. The number of hydrogen-bond acceptors (Lipinski definition) is 9. The molecule has 1 amide bonds. The highest BCUT2D eigenvalue weighted by Gasteiger charge is 2.56. The van der Waals surface area contributed by atoms with Crippen molar-refractivity contribution in [2.24, 2.45) is 11.3 Å². The summed E-state index contributed by atoms with van der Waals surface area (Å²) in [5.41, 5.74) is 2.04. The smallest absolute Gasteiger partial charge is 0.246 e. The van der Waals surface area contributed by atoms with E-state index in [0.717, 1.165) is 44.4 Å². The normalized spacial score (nSPS) is 35.1. The number of piperazine rings is 1. The molecule has 0 aromatic heterocycles. The molecule has 7 atom stereocenters. The number of ketones is 1. The van der Waals surface area contributed by atoms with E-state index in [9.17, 15) is 14.9 Å². The van der Waals surface area contributed by atoms with Gasteiger partial charge in [0.1, 0.15) is 5.75 Å². The predicted octanol–water partition coefficient (Wildman–Crippen LogP) is 1.65. The summed E-state index contributed by atoms with van der Waals surface area (Å²) in [5, 5.41) is 16.9. The lowest BCUT2D eigenvalue weighted by Crippen LogP contribution is -2.74. The van der Waals surface area contributed by atoms with Gasteiger partial charge in [-0.3, -0.25) is 25.1 Å². The minimum atomic E-state index is -0.463. The van der Waals surface area contributed by atoms with Gasteiger partial charge in [0.05, 0.1) is 44.5 Å². The van der Waals surface area contributed by atoms with Crippen LogP contribution in [0.5, 0.6) is 5.75 Å². The Morgan fingerprint density at radius 1 is 1.19 bits per heavy atom. The van der Waals surface area contributed by atoms with Crippen LogP contribution in [0.3, 0.4) is 0 Å². The fraction of sp³-hybridized carbons (Fsp3) is 0.656. The summed E-state index contributed by atoms with van der Waals surface area (Å²) in [7, 11) is 3.82. The zero-order chi connectivity index (χ0) is 29.4. The summed E-state index contributed by atoms with van der Waals surface area (Å²) >= 11 is 0. The summed E-state index contributed by atoms with van der Waals surface area (Å²) in [5.74, 6) is 1.03. The molecule has 1 aromatic carbocycles. The fourth-order valence-corrected chi connectivity index (χ4v) is 8.18. The van der Waals surface area contributed by atoms with E-state index in [1.54, 1.807) is 12.0 Å². The monoisotopic (exact) mass is 576 g/mol. The van der Waals surface area contributed by atoms with E-state index in [2.05, 4.69) is 52.3 Å². The number of ether oxygens (including phenoxy) is 2. The van der Waals surface area contributed by atoms with Crippen LogP contribution in [0.15, 0.2) is 30.9 Å². The standard InChI is InChI=1S/C32H44N6O4/c1-4-27(39)38-15-14-37(19-23(38)10-12-33)30-26-9-11-32(17-21-7-8-25(41-3)16-22(21)18-32)29(40)28(26)34-31(35-30)42-20-24-6-5-13-36(24)2/h4,7-8,16,23-24,26,28,30-31,34-35H,1,5-6,9-11,13-15,17-20H2,2-3H3. The van der Waals surface area contributed by atoms with Crippen molar-refractivity contribution in [2.75, 3.05) is 46.9 Å². The minimum Gasteiger partial charge on any atom is -0.497 e. The van der Waals surface area contributed by atoms with Gasteiger partial charge in [-0.05, 0) is 81.5 Å². The molecular formula is C32H44N6O4. The second-order valence-corrected chi connectivity index (χ2v) is 12.8. The van der Waals surface area contributed by atoms with E-state index in [0.29, 0.717) is 32.3 Å². The number of methoxy groups -OCH3 is 1. The average Bonchev–Trinajstić information content (AvgIpc) is 3.60. The Bertz CT molecular complexity index is 1250. The third-order valence-corrected chi connectivity index (χ3v) is 10.5. The zero-order valence-corrected chi connectivity index (χ0v) is 24.9. The first-order chi connectivity index (χ1) is 20.4. The number of nitrogens with zero attached hydrogens (tertiary/aromatic N) is 4. The summed E-state index contributed by atoms with van der Waals surface area (Å²) in [6, 6.07) is 8.27. The second-order valence-electron chi connectivity index (χ2n) is 12.8. The molecule has 0 bridgehead atoms. The second kappa shape index (κ2) is 12.1. The van der Waals surface area contributed by atoms with Gasteiger partial charge in [0.2, 0.25) is 5.91 Å². The van der Waals surface area contributed by atoms with Crippen LogP contribution >= 0.6 is 0 Å². The maximum Gasteiger partial charge on any atom is 0.246 e. The van der Waals surface area contributed by atoms with Gasteiger partial charge < -0.3 is 19.3 Å². The van der Waals surface area contributed by atoms with E-state index in [1.165, 1.54) is 23.6 Å². The third kappa shape index (κ3) is 5.38. The van der Waals surface area contributed by atoms with E-state index in [4.69, 9.17) is 9.47 Å². The molecule has 10 heteroatoms. The lowest BCUT2D eigenvalue weighted by molar-refractivity contribution is -0.152. The van der Waals surface area contributed by atoms with Gasteiger partial charge in [-0.1, -0.05) is 12.6 Å². The molecule has 2 aliphatic carbocycles. The molecule has 1 saturated carbocycles. The first-order valence-electron chi connectivity index (χ1n) is 15.4. The van der Waals surface area contributed by atoms with Crippen molar-refractivity contribution in [3.8, 4) is 11.8 Å². The zero-order valence-electron chi connectivity index (χ0n) is 24.9. The highest BCUT2D eigenvalue weighted by Crippen LogP contribution is 2.49. The van der Waals surface area contributed by atoms with Crippen LogP contribution in [0.25, 0.3) is 0 Å². The number of hydrogen-bond donors (Lipinski definition) is 2. The van der Waals surface area contributed by atoms with Crippen LogP contribution < -0.4 is 15.4 Å². The SMILES string of the molecule is C=CC(=O)N1CCN(C2NC(OCC3CCCN3C)NC3C(=O)C4(CCC32)Cc2ccc(OC)cc2C4)CC1CC#N. The number of amides is 1. The van der Waals surface area contributed by atoms with Crippen molar-refractivity contribution >= 4 is 11.7 Å². The molecule has 3 saturated heterocycles. The summed E-state index contributed by atoms with van der Waals surface area (Å²) < 4.78 is 11.9. The highest BCUT2D eigenvalue weighted by molar-refractivity contribution is 5.92. The fourth-order valence-electron chi connectivity index (χ4n) is 8.18. The molecule has 42 heavy (non-hydrogen) atoms. The largest absolute Gasteiger partial charge is 0.497 e. The van der Waals surface area contributed by atoms with Crippen molar-refractivity contribution in [3.05, 3.63) is 42.0 Å².